The standard InChI is InChI=1S/C23H24F2N4O/c24-21-8-7-20(12-22(21)25)28-11-10-18(15-28)13-26-23(30)9-6-17-14-27-29(16-17)19-4-2-1-3-5-19/h1-5,7-8,12,14,16,18H,6,9-11,13,15H2,(H,26,30). The van der Waals surface area contributed by atoms with Crippen molar-refractivity contribution in [3.8, 4) is 5.69 Å². The van der Waals surface area contributed by atoms with Gasteiger partial charge in [-0.1, -0.05) is 18.2 Å². The molecule has 1 N–H and O–H groups in total. The molecule has 1 atom stereocenters. The minimum atomic E-state index is -0.837. The van der Waals surface area contributed by atoms with E-state index in [-0.39, 0.29) is 5.91 Å². The minimum Gasteiger partial charge on any atom is -0.371 e. The van der Waals surface area contributed by atoms with E-state index in [0.717, 1.165) is 36.8 Å². The molecule has 1 aliphatic heterocycles. The number of para-hydroxylation sites is 1. The van der Waals surface area contributed by atoms with Gasteiger partial charge in [-0.3, -0.25) is 4.79 Å². The van der Waals surface area contributed by atoms with Gasteiger partial charge < -0.3 is 10.2 Å². The molecule has 30 heavy (non-hydrogen) atoms. The quantitative estimate of drug-likeness (QED) is 0.646. The third kappa shape index (κ3) is 4.84. The van der Waals surface area contributed by atoms with Gasteiger partial charge in [-0.15, -0.1) is 0 Å². The van der Waals surface area contributed by atoms with Gasteiger partial charge in [-0.05, 0) is 48.6 Å². The summed E-state index contributed by atoms with van der Waals surface area (Å²) in [4.78, 5) is 14.3. The first kappa shape index (κ1) is 20.1. The Bertz CT molecular complexity index is 1010. The Morgan fingerprint density at radius 3 is 2.73 bits per heavy atom. The highest BCUT2D eigenvalue weighted by Gasteiger charge is 2.23. The summed E-state index contributed by atoms with van der Waals surface area (Å²) in [5, 5.41) is 7.35. The van der Waals surface area contributed by atoms with Crippen LogP contribution >= 0.6 is 0 Å². The van der Waals surface area contributed by atoms with Crippen LogP contribution in [0, 0.1) is 17.6 Å². The van der Waals surface area contributed by atoms with E-state index in [9.17, 15) is 13.6 Å². The molecule has 156 valence electrons. The van der Waals surface area contributed by atoms with Crippen molar-refractivity contribution in [2.24, 2.45) is 5.92 Å². The zero-order chi connectivity index (χ0) is 20.9. The smallest absolute Gasteiger partial charge is 0.220 e. The summed E-state index contributed by atoms with van der Waals surface area (Å²) in [6.45, 7) is 2.07. The molecule has 7 heteroatoms. The molecule has 5 nitrogen and oxygen atoms in total. The van der Waals surface area contributed by atoms with Gasteiger partial charge >= 0.3 is 0 Å². The summed E-state index contributed by atoms with van der Waals surface area (Å²) in [5.74, 6) is -1.37. The van der Waals surface area contributed by atoms with Gasteiger partial charge in [0.1, 0.15) is 0 Å². The second-order valence-electron chi connectivity index (χ2n) is 7.63. The summed E-state index contributed by atoms with van der Waals surface area (Å²) in [6.07, 6.45) is 5.67. The number of nitrogens with zero attached hydrogens (tertiary/aromatic N) is 3. The lowest BCUT2D eigenvalue weighted by molar-refractivity contribution is -0.121. The number of rotatable bonds is 7. The maximum atomic E-state index is 13.4. The number of carbonyl (C=O) groups excluding carboxylic acids is 1. The minimum absolute atomic E-state index is 0.00809. The first-order valence-electron chi connectivity index (χ1n) is 10.1. The molecule has 0 saturated carbocycles. The Kier molecular flexibility index (Phi) is 6.07. The fourth-order valence-corrected chi connectivity index (χ4v) is 3.73. The third-order valence-electron chi connectivity index (χ3n) is 5.44. The molecule has 3 aromatic rings. The third-order valence-corrected chi connectivity index (χ3v) is 5.44. The summed E-state index contributed by atoms with van der Waals surface area (Å²) in [7, 11) is 0. The lowest BCUT2D eigenvalue weighted by Crippen LogP contribution is -2.31. The molecular formula is C23H24F2N4O. The summed E-state index contributed by atoms with van der Waals surface area (Å²) < 4.78 is 28.4. The fourth-order valence-electron chi connectivity index (χ4n) is 3.73. The van der Waals surface area contributed by atoms with Crippen LogP contribution in [-0.4, -0.2) is 35.3 Å². The van der Waals surface area contributed by atoms with Crippen LogP contribution in [0.4, 0.5) is 14.5 Å². The maximum absolute atomic E-state index is 13.4. The molecule has 1 aromatic heterocycles. The van der Waals surface area contributed by atoms with Gasteiger partial charge in [0.15, 0.2) is 11.6 Å². The lowest BCUT2D eigenvalue weighted by Gasteiger charge is -2.19. The van der Waals surface area contributed by atoms with Crippen LogP contribution in [0.25, 0.3) is 5.69 Å². The molecule has 2 aromatic carbocycles. The van der Waals surface area contributed by atoms with Crippen molar-refractivity contribution in [3.05, 3.63) is 78.1 Å². The van der Waals surface area contributed by atoms with E-state index in [4.69, 9.17) is 0 Å². The Labute approximate surface area is 174 Å². The topological polar surface area (TPSA) is 50.2 Å². The van der Waals surface area contributed by atoms with Crippen LogP contribution in [0.15, 0.2) is 60.9 Å². The summed E-state index contributed by atoms with van der Waals surface area (Å²) in [5.41, 5.74) is 2.68. The van der Waals surface area contributed by atoms with Crippen LogP contribution in [0.5, 0.6) is 0 Å². The predicted octanol–water partition coefficient (Wildman–Crippen LogP) is 3.73. The van der Waals surface area contributed by atoms with Crippen molar-refractivity contribution in [2.75, 3.05) is 24.5 Å². The Balaban J connectivity index is 1.21. The van der Waals surface area contributed by atoms with Gasteiger partial charge in [0.25, 0.3) is 0 Å². The van der Waals surface area contributed by atoms with Gasteiger partial charge in [0.2, 0.25) is 5.91 Å². The molecule has 0 radical (unpaired) electrons. The number of nitrogens with one attached hydrogen (secondary N) is 1. The van der Waals surface area contributed by atoms with E-state index in [1.807, 2.05) is 41.4 Å². The summed E-state index contributed by atoms with van der Waals surface area (Å²) in [6, 6.07) is 13.8. The summed E-state index contributed by atoms with van der Waals surface area (Å²) >= 11 is 0. The van der Waals surface area contributed by atoms with Crippen LogP contribution in [0.3, 0.4) is 0 Å². The highest BCUT2D eigenvalue weighted by atomic mass is 19.2. The molecule has 2 heterocycles. The van der Waals surface area contributed by atoms with E-state index in [0.29, 0.717) is 31.0 Å². The molecule has 1 saturated heterocycles. The van der Waals surface area contributed by atoms with E-state index < -0.39 is 11.6 Å². The lowest BCUT2D eigenvalue weighted by atomic mass is 10.1. The van der Waals surface area contributed by atoms with Crippen LogP contribution < -0.4 is 10.2 Å². The average molecular weight is 410 g/mol. The number of anilines is 1. The second kappa shape index (κ2) is 9.07. The number of amides is 1. The van der Waals surface area contributed by atoms with Crippen molar-refractivity contribution >= 4 is 11.6 Å². The van der Waals surface area contributed by atoms with E-state index in [1.165, 1.54) is 6.07 Å². The number of benzene rings is 2. The zero-order valence-electron chi connectivity index (χ0n) is 16.6. The first-order valence-corrected chi connectivity index (χ1v) is 10.1. The van der Waals surface area contributed by atoms with Crippen molar-refractivity contribution in [1.82, 2.24) is 15.1 Å². The first-order chi connectivity index (χ1) is 14.6. The molecule has 1 unspecified atom stereocenters. The maximum Gasteiger partial charge on any atom is 0.220 e. The normalized spacial score (nSPS) is 16.1. The molecule has 1 amide bonds. The molecular weight excluding hydrogens is 386 g/mol. The Hall–Kier alpha value is -3.22. The van der Waals surface area contributed by atoms with Gasteiger partial charge in [0, 0.05) is 44.0 Å². The molecule has 4 rings (SSSR count). The second-order valence-corrected chi connectivity index (χ2v) is 7.63. The van der Waals surface area contributed by atoms with Crippen LogP contribution in [0.2, 0.25) is 0 Å². The van der Waals surface area contributed by atoms with E-state index in [2.05, 4.69) is 10.4 Å². The molecule has 0 spiro atoms. The number of aryl methyl sites for hydroxylation is 1. The number of aromatic nitrogens is 2. The highest BCUT2D eigenvalue weighted by Crippen LogP contribution is 2.25. The number of hydrogen-bond donors (Lipinski definition) is 1. The monoisotopic (exact) mass is 410 g/mol. The van der Waals surface area contributed by atoms with Gasteiger partial charge in [-0.2, -0.15) is 5.10 Å². The van der Waals surface area contributed by atoms with Crippen molar-refractivity contribution in [1.29, 1.82) is 0 Å². The predicted molar refractivity (Wildman–Crippen MR) is 112 cm³/mol. The Morgan fingerprint density at radius 1 is 1.10 bits per heavy atom. The number of carbonyl (C=O) groups is 1. The van der Waals surface area contributed by atoms with E-state index in [1.54, 1.807) is 16.9 Å². The molecule has 1 fully saturated rings. The largest absolute Gasteiger partial charge is 0.371 e. The molecule has 1 aliphatic rings. The van der Waals surface area contributed by atoms with Crippen LogP contribution in [-0.2, 0) is 11.2 Å². The van der Waals surface area contributed by atoms with Gasteiger partial charge in [0.05, 0.1) is 11.9 Å². The zero-order valence-corrected chi connectivity index (χ0v) is 16.6. The van der Waals surface area contributed by atoms with Gasteiger partial charge in [-0.25, -0.2) is 13.5 Å². The number of hydrogen-bond acceptors (Lipinski definition) is 3. The van der Waals surface area contributed by atoms with E-state index >= 15 is 0 Å². The molecule has 0 bridgehead atoms. The van der Waals surface area contributed by atoms with Crippen molar-refractivity contribution in [3.63, 3.8) is 0 Å². The molecule has 0 aliphatic carbocycles. The Morgan fingerprint density at radius 2 is 1.93 bits per heavy atom. The van der Waals surface area contributed by atoms with Crippen molar-refractivity contribution in [2.45, 2.75) is 19.3 Å². The average Bonchev–Trinajstić information content (AvgIpc) is 3.43. The highest BCUT2D eigenvalue weighted by molar-refractivity contribution is 5.76. The SMILES string of the molecule is O=C(CCc1cnn(-c2ccccc2)c1)NCC1CCN(c2ccc(F)c(F)c2)C1. The number of halogens is 2. The fraction of sp³-hybridized carbons (Fsp3) is 0.304. The van der Waals surface area contributed by atoms with Crippen LogP contribution in [0.1, 0.15) is 18.4 Å². The van der Waals surface area contributed by atoms with Crippen molar-refractivity contribution < 1.29 is 13.6 Å².